The van der Waals surface area contributed by atoms with Crippen molar-refractivity contribution in [1.82, 2.24) is 4.90 Å². The van der Waals surface area contributed by atoms with Crippen molar-refractivity contribution in [2.45, 2.75) is 25.4 Å². The van der Waals surface area contributed by atoms with E-state index in [1.807, 2.05) is 0 Å². The molecule has 1 saturated heterocycles. The van der Waals surface area contributed by atoms with Crippen LogP contribution >= 0.6 is 11.6 Å². The number of likely N-dealkylation sites (tertiary alicyclic amines) is 1. The zero-order valence-electron chi connectivity index (χ0n) is 10.3. The van der Waals surface area contributed by atoms with E-state index in [0.29, 0.717) is 42.2 Å². The van der Waals surface area contributed by atoms with Crippen LogP contribution in [0.25, 0.3) is 0 Å². The number of hydrogen-bond donors (Lipinski definition) is 2. The first-order valence-electron chi connectivity index (χ1n) is 5.96. The molecule has 0 radical (unpaired) electrons. The molecule has 0 spiro atoms. The number of nitrogen functional groups attached to an aromatic ring is 1. The van der Waals surface area contributed by atoms with Crippen LogP contribution in [0.15, 0.2) is 18.2 Å². The number of anilines is 1. The molecule has 1 amide bonds. The zero-order valence-corrected chi connectivity index (χ0v) is 11.1. The van der Waals surface area contributed by atoms with Crippen molar-refractivity contribution in [3.8, 4) is 0 Å². The lowest BCUT2D eigenvalue weighted by atomic mass is 9.93. The van der Waals surface area contributed by atoms with Crippen LogP contribution in [0, 0.1) is 0 Å². The monoisotopic (exact) mass is 268 g/mol. The molecule has 0 bridgehead atoms. The maximum absolute atomic E-state index is 12.3. The van der Waals surface area contributed by atoms with Crippen molar-refractivity contribution in [2.75, 3.05) is 18.8 Å². The lowest BCUT2D eigenvalue weighted by Crippen LogP contribution is -2.45. The number of hydrogen-bond acceptors (Lipinski definition) is 3. The van der Waals surface area contributed by atoms with Gasteiger partial charge in [-0.2, -0.15) is 0 Å². The van der Waals surface area contributed by atoms with E-state index in [1.165, 1.54) is 0 Å². The molecule has 1 aliphatic heterocycles. The van der Waals surface area contributed by atoms with E-state index >= 15 is 0 Å². The van der Waals surface area contributed by atoms with Gasteiger partial charge in [0.05, 0.1) is 11.2 Å². The smallest absolute Gasteiger partial charge is 0.255 e. The maximum atomic E-state index is 12.3. The highest BCUT2D eigenvalue weighted by Crippen LogP contribution is 2.25. The van der Waals surface area contributed by atoms with Crippen LogP contribution in [0.2, 0.25) is 5.02 Å². The fraction of sp³-hybridized carbons (Fsp3) is 0.462. The van der Waals surface area contributed by atoms with Gasteiger partial charge in [-0.25, -0.2) is 0 Å². The average molecular weight is 269 g/mol. The molecule has 2 rings (SSSR count). The van der Waals surface area contributed by atoms with Crippen molar-refractivity contribution in [2.24, 2.45) is 0 Å². The van der Waals surface area contributed by atoms with Gasteiger partial charge in [-0.3, -0.25) is 4.79 Å². The summed E-state index contributed by atoms with van der Waals surface area (Å²) < 4.78 is 0. The minimum Gasteiger partial charge on any atom is -0.398 e. The predicted octanol–water partition coefficient (Wildman–Crippen LogP) is 1.91. The molecule has 0 aromatic heterocycles. The van der Waals surface area contributed by atoms with Gasteiger partial charge in [0.15, 0.2) is 0 Å². The standard InChI is InChI=1S/C13H17ClN2O2/c1-13(18)4-6-16(7-5-13)12(17)10-3-2-9(14)8-11(10)15/h2-3,8,18H,4-7,15H2,1H3. The molecule has 18 heavy (non-hydrogen) atoms. The molecule has 1 aliphatic rings. The Balaban J connectivity index is 2.13. The SMILES string of the molecule is CC1(O)CCN(C(=O)c2ccc(Cl)cc2N)CC1. The summed E-state index contributed by atoms with van der Waals surface area (Å²) in [6.07, 6.45) is 1.18. The third-order valence-electron chi connectivity index (χ3n) is 3.37. The Morgan fingerprint density at radius 1 is 1.44 bits per heavy atom. The predicted molar refractivity (Wildman–Crippen MR) is 71.6 cm³/mol. The topological polar surface area (TPSA) is 66.6 Å². The van der Waals surface area contributed by atoms with E-state index in [0.717, 1.165) is 0 Å². The molecule has 1 aromatic carbocycles. The van der Waals surface area contributed by atoms with Crippen LogP contribution in [0.3, 0.4) is 0 Å². The lowest BCUT2D eigenvalue weighted by molar-refractivity contribution is -0.00198. The average Bonchev–Trinajstić information content (AvgIpc) is 2.28. The summed E-state index contributed by atoms with van der Waals surface area (Å²) in [5.41, 5.74) is 6.00. The number of carbonyl (C=O) groups is 1. The summed E-state index contributed by atoms with van der Waals surface area (Å²) in [5, 5.41) is 10.4. The van der Waals surface area contributed by atoms with Gasteiger partial charge in [-0.05, 0) is 38.0 Å². The summed E-state index contributed by atoms with van der Waals surface area (Å²) >= 11 is 5.81. The third kappa shape index (κ3) is 2.76. The largest absolute Gasteiger partial charge is 0.398 e. The molecule has 0 saturated carbocycles. The van der Waals surface area contributed by atoms with Crippen LogP contribution in [-0.4, -0.2) is 34.6 Å². The molecule has 4 nitrogen and oxygen atoms in total. The highest BCUT2D eigenvalue weighted by atomic mass is 35.5. The molecule has 1 fully saturated rings. The first kappa shape index (κ1) is 13.2. The van der Waals surface area contributed by atoms with E-state index in [-0.39, 0.29) is 5.91 Å². The Bertz CT molecular complexity index is 464. The molecule has 0 atom stereocenters. The summed E-state index contributed by atoms with van der Waals surface area (Å²) in [6, 6.07) is 4.88. The van der Waals surface area contributed by atoms with Gasteiger partial charge >= 0.3 is 0 Å². The number of halogens is 1. The van der Waals surface area contributed by atoms with Gasteiger partial charge in [0.1, 0.15) is 0 Å². The number of carbonyl (C=O) groups excluding carboxylic acids is 1. The van der Waals surface area contributed by atoms with Crippen molar-refractivity contribution in [3.05, 3.63) is 28.8 Å². The van der Waals surface area contributed by atoms with Crippen LogP contribution in [-0.2, 0) is 0 Å². The van der Waals surface area contributed by atoms with Crippen molar-refractivity contribution < 1.29 is 9.90 Å². The molecule has 0 unspecified atom stereocenters. The van der Waals surface area contributed by atoms with Gasteiger partial charge in [0, 0.05) is 23.8 Å². The normalized spacial score (nSPS) is 18.7. The molecule has 0 aliphatic carbocycles. The van der Waals surface area contributed by atoms with Crippen LogP contribution in [0.4, 0.5) is 5.69 Å². The highest BCUT2D eigenvalue weighted by molar-refractivity contribution is 6.31. The molecular weight excluding hydrogens is 252 g/mol. The minimum atomic E-state index is -0.664. The van der Waals surface area contributed by atoms with Gasteiger partial charge in [-0.1, -0.05) is 11.6 Å². The molecule has 98 valence electrons. The summed E-state index contributed by atoms with van der Waals surface area (Å²) in [5.74, 6) is -0.0975. The summed E-state index contributed by atoms with van der Waals surface area (Å²) in [7, 11) is 0. The molecule has 5 heteroatoms. The first-order chi connectivity index (χ1) is 8.39. The maximum Gasteiger partial charge on any atom is 0.255 e. The number of benzene rings is 1. The van der Waals surface area contributed by atoms with E-state index in [1.54, 1.807) is 30.0 Å². The van der Waals surface area contributed by atoms with E-state index < -0.39 is 5.60 Å². The zero-order chi connectivity index (χ0) is 13.3. The Labute approximate surface area is 111 Å². The first-order valence-corrected chi connectivity index (χ1v) is 6.33. The number of piperidine rings is 1. The Morgan fingerprint density at radius 3 is 2.61 bits per heavy atom. The number of aliphatic hydroxyl groups is 1. The minimum absolute atomic E-state index is 0.0975. The Morgan fingerprint density at radius 2 is 2.06 bits per heavy atom. The van der Waals surface area contributed by atoms with E-state index in [9.17, 15) is 9.90 Å². The van der Waals surface area contributed by atoms with Gasteiger partial charge in [0.25, 0.3) is 5.91 Å². The van der Waals surface area contributed by atoms with Crippen molar-refractivity contribution >= 4 is 23.2 Å². The third-order valence-corrected chi connectivity index (χ3v) is 3.61. The van der Waals surface area contributed by atoms with Gasteiger partial charge < -0.3 is 15.7 Å². The van der Waals surface area contributed by atoms with E-state index in [2.05, 4.69) is 0 Å². The quantitative estimate of drug-likeness (QED) is 0.765. The number of amides is 1. The van der Waals surface area contributed by atoms with E-state index in [4.69, 9.17) is 17.3 Å². The molecule has 3 N–H and O–H groups in total. The number of nitrogens with zero attached hydrogens (tertiary/aromatic N) is 1. The summed E-state index contributed by atoms with van der Waals surface area (Å²) in [6.45, 7) is 2.90. The molecular formula is C13H17ClN2O2. The van der Waals surface area contributed by atoms with Crippen molar-refractivity contribution in [3.63, 3.8) is 0 Å². The second-order valence-electron chi connectivity index (χ2n) is 5.02. The second kappa shape index (κ2) is 4.78. The Kier molecular flexibility index (Phi) is 3.50. The number of nitrogens with two attached hydrogens (primary N) is 1. The van der Waals surface area contributed by atoms with Crippen LogP contribution in [0.5, 0.6) is 0 Å². The fourth-order valence-corrected chi connectivity index (χ4v) is 2.27. The Hall–Kier alpha value is -1.26. The second-order valence-corrected chi connectivity index (χ2v) is 5.46. The lowest BCUT2D eigenvalue weighted by Gasteiger charge is -2.36. The molecule has 1 heterocycles. The van der Waals surface area contributed by atoms with Gasteiger partial charge in [-0.15, -0.1) is 0 Å². The van der Waals surface area contributed by atoms with Crippen LogP contribution in [0.1, 0.15) is 30.1 Å². The van der Waals surface area contributed by atoms with Gasteiger partial charge in [0.2, 0.25) is 0 Å². The van der Waals surface area contributed by atoms with Crippen LogP contribution < -0.4 is 5.73 Å². The molecule has 1 aromatic rings. The summed E-state index contributed by atoms with van der Waals surface area (Å²) in [4.78, 5) is 14.0. The number of rotatable bonds is 1. The highest BCUT2D eigenvalue weighted by Gasteiger charge is 2.30. The fourth-order valence-electron chi connectivity index (χ4n) is 2.09. The van der Waals surface area contributed by atoms with Crippen molar-refractivity contribution in [1.29, 1.82) is 0 Å².